The highest BCUT2D eigenvalue weighted by Crippen LogP contribution is 2.31. The minimum absolute atomic E-state index is 0. The quantitative estimate of drug-likeness (QED) is 0.749. The lowest BCUT2D eigenvalue weighted by Crippen LogP contribution is -2.46. The summed E-state index contributed by atoms with van der Waals surface area (Å²) in [7, 11) is 0. The van der Waals surface area contributed by atoms with Gasteiger partial charge in [-0.25, -0.2) is 4.98 Å². The van der Waals surface area contributed by atoms with E-state index in [1.54, 1.807) is 5.51 Å². The van der Waals surface area contributed by atoms with E-state index in [0.29, 0.717) is 50.6 Å². The first-order chi connectivity index (χ1) is 11.7. The largest absolute Gasteiger partial charge is 0.487 e. The molecule has 0 unspecified atom stereocenters. The molecule has 9 heteroatoms. The van der Waals surface area contributed by atoms with E-state index in [4.69, 9.17) is 15.2 Å². The Morgan fingerprint density at radius 3 is 2.77 bits per heavy atom. The summed E-state index contributed by atoms with van der Waals surface area (Å²) in [5.41, 5.74) is 8.70. The van der Waals surface area contributed by atoms with Gasteiger partial charge in [0.1, 0.15) is 12.4 Å². The Hall–Kier alpha value is -1.38. The van der Waals surface area contributed by atoms with Crippen molar-refractivity contribution >= 4 is 47.7 Å². The monoisotopic (exact) mass is 419 g/mol. The van der Waals surface area contributed by atoms with Crippen LogP contribution in [-0.4, -0.2) is 30.6 Å². The van der Waals surface area contributed by atoms with E-state index in [1.165, 1.54) is 11.3 Å². The lowest BCUT2D eigenvalue weighted by atomic mass is 9.79. The Labute approximate surface area is 169 Å². The van der Waals surface area contributed by atoms with E-state index in [9.17, 15) is 4.79 Å². The van der Waals surface area contributed by atoms with Gasteiger partial charge in [0.2, 0.25) is 5.91 Å². The molecule has 1 aliphatic heterocycles. The zero-order valence-electron chi connectivity index (χ0n) is 14.2. The van der Waals surface area contributed by atoms with Crippen molar-refractivity contribution in [3.8, 4) is 5.75 Å². The van der Waals surface area contributed by atoms with Crippen LogP contribution in [0.15, 0.2) is 35.2 Å². The van der Waals surface area contributed by atoms with Crippen LogP contribution >= 0.6 is 36.2 Å². The van der Waals surface area contributed by atoms with E-state index in [0.717, 1.165) is 5.69 Å². The lowest BCUT2D eigenvalue weighted by molar-refractivity contribution is -0.130. The summed E-state index contributed by atoms with van der Waals surface area (Å²) in [5.74, 6) is 0.638. The van der Waals surface area contributed by atoms with Crippen LogP contribution in [0, 0.1) is 5.41 Å². The minimum atomic E-state index is -0.546. The van der Waals surface area contributed by atoms with Crippen LogP contribution < -0.4 is 15.8 Å². The van der Waals surface area contributed by atoms with Crippen molar-refractivity contribution in [3.05, 3.63) is 40.8 Å². The molecule has 1 aromatic heterocycles. The van der Waals surface area contributed by atoms with E-state index >= 15 is 0 Å². The van der Waals surface area contributed by atoms with Gasteiger partial charge in [-0.1, -0.05) is 6.07 Å². The van der Waals surface area contributed by atoms with Crippen molar-refractivity contribution in [2.24, 2.45) is 11.1 Å². The van der Waals surface area contributed by atoms with Gasteiger partial charge in [-0.05, 0) is 25.0 Å². The molecule has 0 atom stereocenters. The molecule has 3 N–H and O–H groups in total. The molecule has 1 aliphatic rings. The molecule has 2 aromatic rings. The maximum absolute atomic E-state index is 12.7. The van der Waals surface area contributed by atoms with E-state index < -0.39 is 5.41 Å². The van der Waals surface area contributed by atoms with Gasteiger partial charge in [-0.2, -0.15) is 0 Å². The standard InChI is InChI=1S/C17H21N3O3S.2ClH/c18-11-17(4-6-22-7-5-17)16(21)20-13-2-1-3-15(8-13)23-9-14-10-24-12-19-14;;/h1-3,8,10,12H,4-7,9,11,18H2,(H,20,21);2*1H. The summed E-state index contributed by atoms with van der Waals surface area (Å²) in [6, 6.07) is 7.37. The summed E-state index contributed by atoms with van der Waals surface area (Å²) >= 11 is 1.53. The highest BCUT2D eigenvalue weighted by Gasteiger charge is 2.38. The van der Waals surface area contributed by atoms with E-state index in [2.05, 4.69) is 10.3 Å². The number of thiazole rings is 1. The minimum Gasteiger partial charge on any atom is -0.487 e. The number of nitrogens with one attached hydrogen (secondary N) is 1. The fourth-order valence-corrected chi connectivity index (χ4v) is 3.22. The summed E-state index contributed by atoms with van der Waals surface area (Å²) in [6.07, 6.45) is 1.30. The molecule has 6 nitrogen and oxygen atoms in total. The number of aromatic nitrogens is 1. The smallest absolute Gasteiger partial charge is 0.232 e. The summed E-state index contributed by atoms with van der Waals surface area (Å²) < 4.78 is 11.1. The number of nitrogens with zero attached hydrogens (tertiary/aromatic N) is 1. The molecule has 1 fully saturated rings. The maximum atomic E-state index is 12.7. The Morgan fingerprint density at radius 1 is 1.35 bits per heavy atom. The average Bonchev–Trinajstić information content (AvgIpc) is 3.14. The second kappa shape index (κ2) is 10.7. The van der Waals surface area contributed by atoms with Crippen molar-refractivity contribution < 1.29 is 14.3 Å². The Bertz CT molecular complexity index is 680. The number of nitrogens with two attached hydrogens (primary N) is 1. The molecule has 26 heavy (non-hydrogen) atoms. The van der Waals surface area contributed by atoms with Crippen molar-refractivity contribution in [2.75, 3.05) is 25.1 Å². The molecule has 1 aromatic carbocycles. The van der Waals surface area contributed by atoms with Gasteiger partial charge in [-0.15, -0.1) is 36.2 Å². The van der Waals surface area contributed by atoms with Gasteiger partial charge in [0.15, 0.2) is 0 Å². The first kappa shape index (κ1) is 22.7. The number of carbonyl (C=O) groups is 1. The van der Waals surface area contributed by atoms with Gasteiger partial charge < -0.3 is 20.5 Å². The molecule has 0 aliphatic carbocycles. The van der Waals surface area contributed by atoms with Gasteiger partial charge in [0, 0.05) is 36.9 Å². The molecule has 2 heterocycles. The molecule has 0 bridgehead atoms. The Balaban J connectivity index is 0.00000169. The molecule has 0 radical (unpaired) electrons. The Morgan fingerprint density at radius 2 is 2.12 bits per heavy atom. The zero-order valence-corrected chi connectivity index (χ0v) is 16.6. The molecular formula is C17H23Cl2N3O3S. The second-order valence-electron chi connectivity index (χ2n) is 5.85. The topological polar surface area (TPSA) is 86.5 Å². The van der Waals surface area contributed by atoms with Crippen LogP contribution in [0.3, 0.4) is 0 Å². The second-order valence-corrected chi connectivity index (χ2v) is 6.57. The first-order valence-electron chi connectivity index (χ1n) is 7.91. The van der Waals surface area contributed by atoms with Crippen molar-refractivity contribution in [2.45, 2.75) is 19.4 Å². The third-order valence-corrected chi connectivity index (χ3v) is 4.92. The van der Waals surface area contributed by atoms with Gasteiger partial charge >= 0.3 is 0 Å². The highest BCUT2D eigenvalue weighted by molar-refractivity contribution is 7.07. The summed E-state index contributed by atoms with van der Waals surface area (Å²) in [5, 5.41) is 4.92. The van der Waals surface area contributed by atoms with Gasteiger partial charge in [0.05, 0.1) is 16.6 Å². The molecule has 0 saturated carbocycles. The first-order valence-corrected chi connectivity index (χ1v) is 8.85. The number of benzene rings is 1. The number of hydrogen-bond donors (Lipinski definition) is 2. The van der Waals surface area contributed by atoms with Gasteiger partial charge in [0.25, 0.3) is 0 Å². The zero-order chi connectivity index (χ0) is 16.8. The highest BCUT2D eigenvalue weighted by atomic mass is 35.5. The normalized spacial score (nSPS) is 15.3. The third kappa shape index (κ3) is 5.56. The number of amides is 1. The molecule has 0 spiro atoms. The number of halogens is 2. The van der Waals surface area contributed by atoms with Gasteiger partial charge in [-0.3, -0.25) is 4.79 Å². The van der Waals surface area contributed by atoms with Crippen LogP contribution in [-0.2, 0) is 16.1 Å². The van der Waals surface area contributed by atoms with Crippen molar-refractivity contribution in [3.63, 3.8) is 0 Å². The maximum Gasteiger partial charge on any atom is 0.232 e. The number of hydrogen-bond acceptors (Lipinski definition) is 6. The lowest BCUT2D eigenvalue weighted by Gasteiger charge is -2.34. The molecule has 1 amide bonds. The number of anilines is 1. The fourth-order valence-electron chi connectivity index (χ4n) is 2.68. The molecule has 1 saturated heterocycles. The number of ether oxygens (including phenoxy) is 2. The van der Waals surface area contributed by atoms with Crippen LogP contribution in [0.4, 0.5) is 5.69 Å². The molecule has 144 valence electrons. The van der Waals surface area contributed by atoms with Crippen LogP contribution in [0.1, 0.15) is 18.5 Å². The molecule has 3 rings (SSSR count). The number of rotatable bonds is 6. The van der Waals surface area contributed by atoms with Crippen LogP contribution in [0.2, 0.25) is 0 Å². The van der Waals surface area contributed by atoms with E-state index in [1.807, 2.05) is 29.6 Å². The van der Waals surface area contributed by atoms with Crippen molar-refractivity contribution in [1.29, 1.82) is 0 Å². The predicted octanol–water partition coefficient (Wildman–Crippen LogP) is 3.26. The third-order valence-electron chi connectivity index (χ3n) is 4.28. The fraction of sp³-hybridized carbons (Fsp3) is 0.412. The molecular weight excluding hydrogens is 397 g/mol. The SMILES string of the molecule is Cl.Cl.NCC1(C(=O)Nc2cccc(OCc3cscn3)c2)CCOCC1. The average molecular weight is 420 g/mol. The van der Waals surface area contributed by atoms with E-state index in [-0.39, 0.29) is 30.7 Å². The van der Waals surface area contributed by atoms with Crippen molar-refractivity contribution in [1.82, 2.24) is 4.98 Å². The summed E-state index contributed by atoms with van der Waals surface area (Å²) in [4.78, 5) is 16.9. The summed E-state index contributed by atoms with van der Waals surface area (Å²) in [6.45, 7) is 1.87. The predicted molar refractivity (Wildman–Crippen MR) is 108 cm³/mol. The van der Waals surface area contributed by atoms with Crippen LogP contribution in [0.5, 0.6) is 5.75 Å². The van der Waals surface area contributed by atoms with Crippen LogP contribution in [0.25, 0.3) is 0 Å². The Kier molecular flexibility index (Phi) is 9.32. The number of carbonyl (C=O) groups excluding carboxylic acids is 1.